The molecule has 0 amide bonds. The third-order valence-electron chi connectivity index (χ3n) is 2.95. The summed E-state index contributed by atoms with van der Waals surface area (Å²) in [6.45, 7) is 2.12. The summed E-state index contributed by atoms with van der Waals surface area (Å²) >= 11 is 6.96. The maximum absolute atomic E-state index is 5.77. The Morgan fingerprint density at radius 3 is 3.00 bits per heavy atom. The van der Waals surface area contributed by atoms with Gasteiger partial charge in [0.15, 0.2) is 0 Å². The highest BCUT2D eigenvalue weighted by Crippen LogP contribution is 2.32. The molecular weight excluding hydrogens is 350 g/mol. The van der Waals surface area contributed by atoms with Crippen LogP contribution in [-0.4, -0.2) is 42.7 Å². The van der Waals surface area contributed by atoms with Crippen molar-refractivity contribution in [3.63, 3.8) is 0 Å². The van der Waals surface area contributed by atoms with Gasteiger partial charge in [0.1, 0.15) is 0 Å². The zero-order chi connectivity index (χ0) is 12.4. The third kappa shape index (κ3) is 2.88. The predicted molar refractivity (Wildman–Crippen MR) is 73.8 cm³/mol. The fraction of sp³-hybridized carbons (Fsp3) is 0.545. The van der Waals surface area contributed by atoms with Crippen molar-refractivity contribution in [3.8, 4) is 0 Å². The van der Waals surface area contributed by atoms with E-state index in [0.29, 0.717) is 6.54 Å². The van der Waals surface area contributed by atoms with Gasteiger partial charge in [-0.05, 0) is 45.0 Å². The lowest BCUT2D eigenvalue weighted by Crippen LogP contribution is -2.46. The van der Waals surface area contributed by atoms with Gasteiger partial charge >= 0.3 is 0 Å². The molecule has 0 bridgehead atoms. The number of likely N-dealkylation sites (N-methyl/N-ethyl adjacent to an activating group) is 1. The Kier molecular flexibility index (Phi) is 4.54. The molecule has 2 heterocycles. The second kappa shape index (κ2) is 5.75. The molecule has 0 saturated carbocycles. The molecule has 1 fully saturated rings. The van der Waals surface area contributed by atoms with Crippen LogP contribution in [0.5, 0.6) is 0 Å². The largest absolute Gasteiger partial charge is 0.374 e. The number of ether oxygens (including phenoxy) is 1. The van der Waals surface area contributed by atoms with E-state index in [-0.39, 0.29) is 12.1 Å². The van der Waals surface area contributed by atoms with Gasteiger partial charge in [-0.3, -0.25) is 9.88 Å². The summed E-state index contributed by atoms with van der Waals surface area (Å²) in [6.07, 6.45) is 1.80. The summed E-state index contributed by atoms with van der Waals surface area (Å²) < 4.78 is 7.65. The van der Waals surface area contributed by atoms with Gasteiger partial charge in [0.25, 0.3) is 0 Å². The van der Waals surface area contributed by atoms with Crippen LogP contribution in [0.1, 0.15) is 11.7 Å². The van der Waals surface area contributed by atoms with Crippen LogP contribution >= 0.6 is 31.9 Å². The highest BCUT2D eigenvalue weighted by molar-refractivity contribution is 9.11. The van der Waals surface area contributed by atoms with Crippen molar-refractivity contribution in [2.24, 2.45) is 5.73 Å². The monoisotopic (exact) mass is 363 g/mol. The molecule has 4 nitrogen and oxygen atoms in total. The number of aromatic nitrogens is 1. The quantitative estimate of drug-likeness (QED) is 0.871. The minimum absolute atomic E-state index is 0.00118. The van der Waals surface area contributed by atoms with Crippen molar-refractivity contribution < 1.29 is 4.74 Å². The fourth-order valence-corrected chi connectivity index (χ4v) is 3.31. The zero-order valence-electron chi connectivity index (χ0n) is 9.57. The van der Waals surface area contributed by atoms with Crippen LogP contribution in [0.2, 0.25) is 0 Å². The summed E-state index contributed by atoms with van der Waals surface area (Å²) in [6, 6.07) is 2.11. The summed E-state index contributed by atoms with van der Waals surface area (Å²) in [5.41, 5.74) is 6.75. The van der Waals surface area contributed by atoms with Gasteiger partial charge in [0.2, 0.25) is 0 Å². The molecule has 2 unspecified atom stereocenters. The Balaban J connectivity index is 2.34. The molecule has 0 aromatic carbocycles. The Hall–Kier alpha value is -0.0100. The van der Waals surface area contributed by atoms with Gasteiger partial charge in [-0.1, -0.05) is 0 Å². The number of rotatable bonds is 2. The lowest BCUT2D eigenvalue weighted by molar-refractivity contribution is -0.0592. The highest BCUT2D eigenvalue weighted by Gasteiger charge is 2.32. The first kappa shape index (κ1) is 13.4. The standard InChI is InChI=1S/C11H15Br2N3O/c1-16-2-3-17-9(5-14)11(16)10-8(13)4-7(12)6-15-10/h4,6,9,11H,2-3,5,14H2,1H3. The van der Waals surface area contributed by atoms with E-state index in [4.69, 9.17) is 10.5 Å². The lowest BCUT2D eigenvalue weighted by atomic mass is 10.0. The van der Waals surface area contributed by atoms with Gasteiger partial charge in [-0.15, -0.1) is 0 Å². The minimum Gasteiger partial charge on any atom is -0.374 e. The number of nitrogens with two attached hydrogens (primary N) is 1. The molecule has 2 rings (SSSR count). The SMILES string of the molecule is CN1CCOC(CN)C1c1ncc(Br)cc1Br. The van der Waals surface area contributed by atoms with Crippen molar-refractivity contribution in [2.75, 3.05) is 26.7 Å². The van der Waals surface area contributed by atoms with Gasteiger partial charge in [-0.2, -0.15) is 0 Å². The molecule has 17 heavy (non-hydrogen) atoms. The number of hydrogen-bond acceptors (Lipinski definition) is 4. The van der Waals surface area contributed by atoms with E-state index in [1.54, 1.807) is 6.20 Å². The normalized spacial score (nSPS) is 26.1. The second-order valence-corrected chi connectivity index (χ2v) is 5.86. The molecule has 1 aromatic heterocycles. The first-order chi connectivity index (χ1) is 8.13. The van der Waals surface area contributed by atoms with E-state index in [0.717, 1.165) is 27.8 Å². The summed E-state index contributed by atoms with van der Waals surface area (Å²) in [4.78, 5) is 6.72. The molecule has 1 aromatic rings. The smallest absolute Gasteiger partial charge is 0.0910 e. The van der Waals surface area contributed by atoms with Gasteiger partial charge in [0.05, 0.1) is 24.4 Å². The number of nitrogens with zero attached hydrogens (tertiary/aromatic N) is 2. The van der Waals surface area contributed by atoms with Crippen LogP contribution in [-0.2, 0) is 4.74 Å². The summed E-state index contributed by atoms with van der Waals surface area (Å²) in [5, 5.41) is 0. The van der Waals surface area contributed by atoms with Crippen molar-refractivity contribution in [1.82, 2.24) is 9.88 Å². The number of halogens is 2. The highest BCUT2D eigenvalue weighted by atomic mass is 79.9. The van der Waals surface area contributed by atoms with Crippen molar-refractivity contribution in [3.05, 3.63) is 26.9 Å². The predicted octanol–water partition coefficient (Wildman–Crippen LogP) is 1.94. The first-order valence-electron chi connectivity index (χ1n) is 5.46. The number of hydrogen-bond donors (Lipinski definition) is 1. The maximum Gasteiger partial charge on any atom is 0.0910 e. The lowest BCUT2D eigenvalue weighted by Gasteiger charge is -2.38. The molecule has 6 heteroatoms. The van der Waals surface area contributed by atoms with Crippen LogP contribution in [0.15, 0.2) is 21.2 Å². The van der Waals surface area contributed by atoms with E-state index in [1.165, 1.54) is 0 Å². The van der Waals surface area contributed by atoms with E-state index in [9.17, 15) is 0 Å². The molecule has 0 spiro atoms. The Labute approximate surface area is 118 Å². The summed E-state index contributed by atoms with van der Waals surface area (Å²) in [7, 11) is 2.08. The molecule has 0 radical (unpaired) electrons. The molecule has 2 N–H and O–H groups in total. The van der Waals surface area contributed by atoms with Gasteiger partial charge in [0, 0.05) is 28.2 Å². The van der Waals surface area contributed by atoms with Crippen molar-refractivity contribution in [1.29, 1.82) is 0 Å². The van der Waals surface area contributed by atoms with Gasteiger partial charge < -0.3 is 10.5 Å². The molecule has 94 valence electrons. The van der Waals surface area contributed by atoms with E-state index < -0.39 is 0 Å². The average molecular weight is 365 g/mol. The van der Waals surface area contributed by atoms with Crippen LogP contribution in [0.3, 0.4) is 0 Å². The average Bonchev–Trinajstić information content (AvgIpc) is 2.30. The van der Waals surface area contributed by atoms with Crippen LogP contribution in [0, 0.1) is 0 Å². The van der Waals surface area contributed by atoms with E-state index in [2.05, 4.69) is 48.8 Å². The fourth-order valence-electron chi connectivity index (χ4n) is 2.09. The molecule has 0 aliphatic carbocycles. The van der Waals surface area contributed by atoms with E-state index >= 15 is 0 Å². The van der Waals surface area contributed by atoms with Crippen LogP contribution < -0.4 is 5.73 Å². The Morgan fingerprint density at radius 1 is 1.59 bits per heavy atom. The number of pyridine rings is 1. The van der Waals surface area contributed by atoms with Crippen molar-refractivity contribution >= 4 is 31.9 Å². The third-order valence-corrected chi connectivity index (χ3v) is 4.02. The second-order valence-electron chi connectivity index (χ2n) is 4.09. The molecule has 2 atom stereocenters. The minimum atomic E-state index is -0.00118. The van der Waals surface area contributed by atoms with Crippen LogP contribution in [0.25, 0.3) is 0 Å². The molecular formula is C11H15Br2N3O. The van der Waals surface area contributed by atoms with Crippen molar-refractivity contribution in [2.45, 2.75) is 12.1 Å². The zero-order valence-corrected chi connectivity index (χ0v) is 12.7. The topological polar surface area (TPSA) is 51.4 Å². The maximum atomic E-state index is 5.77. The Morgan fingerprint density at radius 2 is 2.35 bits per heavy atom. The molecule has 1 saturated heterocycles. The Bertz CT molecular complexity index is 402. The molecule has 1 aliphatic heterocycles. The summed E-state index contributed by atoms with van der Waals surface area (Å²) in [5.74, 6) is 0. The van der Waals surface area contributed by atoms with E-state index in [1.807, 2.05) is 6.07 Å². The molecule has 1 aliphatic rings. The van der Waals surface area contributed by atoms with Crippen LogP contribution in [0.4, 0.5) is 0 Å². The van der Waals surface area contributed by atoms with Gasteiger partial charge in [-0.25, -0.2) is 0 Å². The first-order valence-corrected chi connectivity index (χ1v) is 7.05. The number of morpholine rings is 1.